The number of benzene rings is 2. The average Bonchev–Trinajstić information content (AvgIpc) is 3.44. The maximum Gasteiger partial charge on any atom is 0.234 e. The molecule has 2 aromatic carbocycles. The number of allylic oxidation sites excluding steroid dienone is 3. The Balaban J connectivity index is 1.38. The van der Waals surface area contributed by atoms with Crippen molar-refractivity contribution < 1.29 is 19.1 Å². The summed E-state index contributed by atoms with van der Waals surface area (Å²) < 4.78 is 11.1. The first-order valence-corrected chi connectivity index (χ1v) is 14.7. The van der Waals surface area contributed by atoms with Crippen molar-refractivity contribution in [3.8, 4) is 17.6 Å². The zero-order chi connectivity index (χ0) is 29.1. The van der Waals surface area contributed by atoms with E-state index in [4.69, 9.17) is 15.2 Å². The summed E-state index contributed by atoms with van der Waals surface area (Å²) in [5.74, 6) is 0.665. The van der Waals surface area contributed by atoms with Crippen LogP contribution in [-0.2, 0) is 9.59 Å². The molecule has 0 saturated carbocycles. The molecule has 1 unspecified atom stereocenters. The number of nitrogens with one attached hydrogen (secondary N) is 1. The highest BCUT2D eigenvalue weighted by atomic mass is 32.2. The van der Waals surface area contributed by atoms with E-state index >= 15 is 0 Å². The molecule has 12 heteroatoms. The van der Waals surface area contributed by atoms with Gasteiger partial charge in [-0.3, -0.25) is 14.5 Å². The van der Waals surface area contributed by atoms with Crippen LogP contribution in [0.5, 0.6) is 11.5 Å². The molecule has 0 bridgehead atoms. The number of hydrogen-bond acceptors (Lipinski definition) is 11. The molecule has 2 aliphatic rings. The molecular formula is C29H28N6O4S2. The number of hydrogen-bond donors (Lipinski definition) is 2. The van der Waals surface area contributed by atoms with Crippen LogP contribution in [0.25, 0.3) is 0 Å². The fourth-order valence-electron chi connectivity index (χ4n) is 5.08. The Morgan fingerprint density at radius 2 is 2.00 bits per heavy atom. The largest absolute Gasteiger partial charge is 0.493 e. The van der Waals surface area contributed by atoms with Crippen molar-refractivity contribution in [2.45, 2.75) is 36.4 Å². The van der Waals surface area contributed by atoms with E-state index in [1.807, 2.05) is 31.2 Å². The van der Waals surface area contributed by atoms with Gasteiger partial charge >= 0.3 is 0 Å². The van der Waals surface area contributed by atoms with Crippen LogP contribution < -0.4 is 25.4 Å². The lowest BCUT2D eigenvalue weighted by atomic mass is 9.75. The number of nitriles is 1. The highest BCUT2D eigenvalue weighted by molar-refractivity contribution is 8.01. The number of thioether (sulfide) groups is 1. The third-order valence-electron chi connectivity index (χ3n) is 6.87. The van der Waals surface area contributed by atoms with Crippen molar-refractivity contribution in [3.63, 3.8) is 0 Å². The summed E-state index contributed by atoms with van der Waals surface area (Å²) in [5.41, 5.74) is 10.8. The fourth-order valence-corrected chi connectivity index (χ4v) is 6.76. The lowest BCUT2D eigenvalue weighted by Gasteiger charge is -2.38. The summed E-state index contributed by atoms with van der Waals surface area (Å²) >= 11 is 2.48. The number of amides is 1. The Morgan fingerprint density at radius 3 is 2.73 bits per heavy atom. The zero-order valence-corrected chi connectivity index (χ0v) is 24.4. The van der Waals surface area contributed by atoms with Crippen LogP contribution in [0.3, 0.4) is 0 Å². The zero-order valence-electron chi connectivity index (χ0n) is 22.8. The normalized spacial score (nSPS) is 16.8. The van der Waals surface area contributed by atoms with Crippen LogP contribution in [0.4, 0.5) is 10.8 Å². The number of methoxy groups -OCH3 is 2. The second kappa shape index (κ2) is 12.0. The van der Waals surface area contributed by atoms with E-state index < -0.39 is 5.92 Å². The van der Waals surface area contributed by atoms with E-state index in [9.17, 15) is 14.9 Å². The highest BCUT2D eigenvalue weighted by Gasteiger charge is 2.41. The summed E-state index contributed by atoms with van der Waals surface area (Å²) in [6.07, 6.45) is 1.72. The average molecular weight is 589 g/mol. The van der Waals surface area contributed by atoms with Gasteiger partial charge < -0.3 is 20.5 Å². The minimum atomic E-state index is -0.527. The summed E-state index contributed by atoms with van der Waals surface area (Å²) in [4.78, 5) is 27.6. The molecule has 5 rings (SSSR count). The van der Waals surface area contributed by atoms with Gasteiger partial charge in [0, 0.05) is 29.4 Å². The van der Waals surface area contributed by atoms with Crippen molar-refractivity contribution in [2.75, 3.05) is 30.2 Å². The molecule has 1 aliphatic heterocycles. The summed E-state index contributed by atoms with van der Waals surface area (Å²) in [6, 6.07) is 15.2. The number of carbonyl (C=O) groups is 2. The number of aryl methyl sites for hydroxylation is 1. The molecule has 0 radical (unpaired) electrons. The number of nitrogens with two attached hydrogens (primary N) is 1. The van der Waals surface area contributed by atoms with Crippen LogP contribution in [0.2, 0.25) is 0 Å². The number of aromatic nitrogens is 2. The van der Waals surface area contributed by atoms with Crippen LogP contribution in [0.15, 0.2) is 69.5 Å². The Kier molecular flexibility index (Phi) is 8.28. The molecule has 1 atom stereocenters. The quantitative estimate of drug-likeness (QED) is 0.349. The molecule has 0 saturated heterocycles. The third-order valence-corrected chi connectivity index (χ3v) is 8.91. The first kappa shape index (κ1) is 28.2. The van der Waals surface area contributed by atoms with Crippen molar-refractivity contribution in [2.24, 2.45) is 5.73 Å². The van der Waals surface area contributed by atoms with Gasteiger partial charge in [-0.2, -0.15) is 5.26 Å². The first-order chi connectivity index (χ1) is 19.8. The Hall–Kier alpha value is -4.34. The van der Waals surface area contributed by atoms with E-state index in [2.05, 4.69) is 21.6 Å². The van der Waals surface area contributed by atoms with E-state index in [1.54, 1.807) is 30.2 Å². The molecule has 2 heterocycles. The predicted molar refractivity (Wildman–Crippen MR) is 158 cm³/mol. The Bertz CT molecular complexity index is 1620. The third kappa shape index (κ3) is 5.64. The molecule has 1 aliphatic carbocycles. The molecule has 3 N–H and O–H groups in total. The molecule has 1 aromatic heterocycles. The molecule has 41 heavy (non-hydrogen) atoms. The lowest BCUT2D eigenvalue weighted by Crippen LogP contribution is -2.38. The molecule has 10 nitrogen and oxygen atoms in total. The van der Waals surface area contributed by atoms with Gasteiger partial charge in [0.05, 0.1) is 37.5 Å². The molecule has 0 spiro atoms. The minimum absolute atomic E-state index is 0.00829. The number of rotatable bonds is 8. The summed E-state index contributed by atoms with van der Waals surface area (Å²) in [5, 5.41) is 22.1. The highest BCUT2D eigenvalue weighted by Crippen LogP contribution is 2.47. The summed E-state index contributed by atoms with van der Waals surface area (Å²) in [6.45, 7) is 1.98. The van der Waals surface area contributed by atoms with Crippen LogP contribution >= 0.6 is 23.1 Å². The van der Waals surface area contributed by atoms with Crippen molar-refractivity contribution in [3.05, 3.63) is 76.3 Å². The van der Waals surface area contributed by atoms with Gasteiger partial charge in [0.15, 0.2) is 21.6 Å². The first-order valence-electron chi connectivity index (χ1n) is 12.9. The van der Waals surface area contributed by atoms with Gasteiger partial charge in [-0.1, -0.05) is 52.9 Å². The van der Waals surface area contributed by atoms with E-state index in [1.165, 1.54) is 30.2 Å². The maximum atomic E-state index is 13.3. The van der Waals surface area contributed by atoms with Gasteiger partial charge in [0.1, 0.15) is 5.82 Å². The van der Waals surface area contributed by atoms with E-state index in [0.717, 1.165) is 16.8 Å². The molecule has 0 fully saturated rings. The van der Waals surface area contributed by atoms with Gasteiger partial charge in [-0.15, -0.1) is 10.2 Å². The van der Waals surface area contributed by atoms with Gasteiger partial charge in [0.25, 0.3) is 0 Å². The van der Waals surface area contributed by atoms with E-state index in [-0.39, 0.29) is 23.3 Å². The second-order valence-corrected chi connectivity index (χ2v) is 11.7. The van der Waals surface area contributed by atoms with Crippen molar-refractivity contribution in [1.82, 2.24) is 10.2 Å². The monoisotopic (exact) mass is 588 g/mol. The summed E-state index contributed by atoms with van der Waals surface area (Å²) in [7, 11) is 3.07. The Labute approximate surface area is 245 Å². The van der Waals surface area contributed by atoms with Crippen molar-refractivity contribution >= 4 is 45.6 Å². The number of anilines is 2. The number of carbonyl (C=O) groups excluding carboxylic acids is 2. The minimum Gasteiger partial charge on any atom is -0.493 e. The van der Waals surface area contributed by atoms with Crippen LogP contribution in [0, 0.1) is 18.3 Å². The number of ether oxygens (including phenoxy) is 2. The molecule has 210 valence electrons. The SMILES string of the molecule is COc1ccc(NC(=O)CSc2nnc(N3C(N)=C(C#N)C(c4cccc(C)c4)C4=C3CCCC4=O)s2)cc1OC. The van der Waals surface area contributed by atoms with E-state index in [0.29, 0.717) is 57.1 Å². The molecular weight excluding hydrogens is 560 g/mol. The predicted octanol–water partition coefficient (Wildman–Crippen LogP) is 4.90. The number of Topliss-reactive ketones (excluding diaryl/α,β-unsaturated/α-hetero) is 1. The molecule has 1 amide bonds. The van der Waals surface area contributed by atoms with Gasteiger partial charge in [-0.05, 0) is 37.5 Å². The molecule has 3 aromatic rings. The van der Waals surface area contributed by atoms with Crippen LogP contribution in [0.1, 0.15) is 36.3 Å². The second-order valence-electron chi connectivity index (χ2n) is 9.49. The topological polar surface area (TPSA) is 143 Å². The Morgan fingerprint density at radius 1 is 1.20 bits per heavy atom. The van der Waals surface area contributed by atoms with Crippen LogP contribution in [-0.4, -0.2) is 41.9 Å². The number of nitrogens with zero attached hydrogens (tertiary/aromatic N) is 4. The standard InChI is InChI=1S/C29H28N6O4S2/c1-16-6-4-7-17(12-16)25-19(14-30)27(31)35(20-8-5-9-21(36)26(20)25)28-33-34-29(41-28)40-15-24(37)32-18-10-11-22(38-2)23(13-18)39-3/h4,6-7,10-13,25H,5,8-9,15,31H2,1-3H3,(H,32,37). The fraction of sp³-hybridized carbons (Fsp3) is 0.276. The number of ketones is 1. The lowest BCUT2D eigenvalue weighted by molar-refractivity contribution is -0.116. The van der Waals surface area contributed by atoms with Gasteiger partial charge in [-0.25, -0.2) is 0 Å². The smallest absolute Gasteiger partial charge is 0.234 e. The van der Waals surface area contributed by atoms with Crippen molar-refractivity contribution in [1.29, 1.82) is 5.26 Å². The maximum absolute atomic E-state index is 13.3. The van der Waals surface area contributed by atoms with Gasteiger partial charge in [0.2, 0.25) is 11.0 Å².